The van der Waals surface area contributed by atoms with Crippen LogP contribution in [-0.2, 0) is 0 Å². The van der Waals surface area contributed by atoms with Gasteiger partial charge in [0.1, 0.15) is 11.2 Å². The van der Waals surface area contributed by atoms with Crippen LogP contribution in [0.15, 0.2) is 162 Å². The maximum Gasteiger partial charge on any atom is 0.161 e. The molecule has 9 aromatic rings. The summed E-state index contributed by atoms with van der Waals surface area (Å²) in [6.07, 6.45) is 0. The Morgan fingerprint density at radius 3 is 1.80 bits per heavy atom. The van der Waals surface area contributed by atoms with Gasteiger partial charge in [0.05, 0.1) is 11.4 Å². The molecule has 3 heteroatoms. The molecule has 0 atom stereocenters. The third kappa shape index (κ3) is 4.29. The van der Waals surface area contributed by atoms with E-state index in [2.05, 4.69) is 109 Å². The molecule has 0 amide bonds. The first kappa shape index (κ1) is 25.4. The highest BCUT2D eigenvalue weighted by molar-refractivity contribution is 6.15. The monoisotopic (exact) mass is 574 g/mol. The number of hydrogen-bond donors (Lipinski definition) is 0. The number of hydrogen-bond acceptors (Lipinski definition) is 3. The molecule has 0 radical (unpaired) electrons. The summed E-state index contributed by atoms with van der Waals surface area (Å²) in [5, 5.41) is 7.04. The molecule has 0 aliphatic rings. The van der Waals surface area contributed by atoms with E-state index in [-0.39, 0.29) is 0 Å². The molecule has 9 rings (SSSR count). The molecular weight excluding hydrogens is 548 g/mol. The van der Waals surface area contributed by atoms with Gasteiger partial charge < -0.3 is 4.42 Å². The van der Waals surface area contributed by atoms with Crippen molar-refractivity contribution in [2.45, 2.75) is 0 Å². The maximum absolute atomic E-state index is 6.66. The summed E-state index contributed by atoms with van der Waals surface area (Å²) in [6.45, 7) is 0. The van der Waals surface area contributed by atoms with E-state index in [1.807, 2.05) is 48.5 Å². The maximum atomic E-state index is 6.66. The first-order chi connectivity index (χ1) is 22.3. The van der Waals surface area contributed by atoms with Crippen molar-refractivity contribution in [2.24, 2.45) is 0 Å². The van der Waals surface area contributed by atoms with Gasteiger partial charge in [-0.2, -0.15) is 0 Å². The minimum Gasteiger partial charge on any atom is -0.455 e. The molecule has 0 saturated carbocycles. The van der Waals surface area contributed by atoms with Crippen molar-refractivity contribution < 1.29 is 4.42 Å². The van der Waals surface area contributed by atoms with Crippen LogP contribution in [0.3, 0.4) is 0 Å². The summed E-state index contributed by atoms with van der Waals surface area (Å²) in [5.41, 5.74) is 8.68. The second-order valence-corrected chi connectivity index (χ2v) is 11.4. The van der Waals surface area contributed by atoms with Crippen LogP contribution in [-0.4, -0.2) is 9.97 Å². The predicted octanol–water partition coefficient (Wildman–Crippen LogP) is 11.4. The molecule has 0 spiro atoms. The second kappa shape index (κ2) is 10.3. The third-order valence-corrected chi connectivity index (χ3v) is 8.68. The standard InChI is InChI=1S/C42H26N2O/c1-3-12-28(13-4-1)37-26-38(29-14-5-2-6-15-29)44-42(43-37)36-19-10-20-39-40(36)35-18-9-17-34(41(35)45-39)31-23-24-33-30(25-31)22-21-27-11-7-8-16-32(27)33/h1-26H. The fourth-order valence-corrected chi connectivity index (χ4v) is 6.52. The molecular formula is C42H26N2O. The molecule has 0 N–H and O–H groups in total. The van der Waals surface area contributed by atoms with Crippen molar-refractivity contribution in [2.75, 3.05) is 0 Å². The summed E-state index contributed by atoms with van der Waals surface area (Å²) in [6, 6.07) is 54.9. The highest BCUT2D eigenvalue weighted by atomic mass is 16.3. The molecule has 0 aliphatic heterocycles. The fraction of sp³-hybridized carbons (Fsp3) is 0. The Morgan fingerprint density at radius 1 is 0.400 bits per heavy atom. The molecule has 0 bridgehead atoms. The van der Waals surface area contributed by atoms with Crippen LogP contribution in [0.5, 0.6) is 0 Å². The van der Waals surface area contributed by atoms with Crippen molar-refractivity contribution in [3.63, 3.8) is 0 Å². The SMILES string of the molecule is c1ccc(-c2cc(-c3ccccc3)nc(-c3cccc4oc5c(-c6ccc7c(ccc8ccccc87)c6)cccc5c34)n2)cc1. The molecule has 7 aromatic carbocycles. The number of benzene rings is 7. The Morgan fingerprint density at radius 2 is 1.02 bits per heavy atom. The minimum atomic E-state index is 0.673. The molecule has 0 aliphatic carbocycles. The number of fused-ring (bicyclic) bond motifs is 6. The Hall–Kier alpha value is -6.06. The minimum absolute atomic E-state index is 0.673. The number of furan rings is 1. The van der Waals surface area contributed by atoms with Crippen LogP contribution >= 0.6 is 0 Å². The van der Waals surface area contributed by atoms with E-state index in [0.717, 1.165) is 61.1 Å². The van der Waals surface area contributed by atoms with Gasteiger partial charge >= 0.3 is 0 Å². The largest absolute Gasteiger partial charge is 0.455 e. The normalized spacial score (nSPS) is 11.6. The Kier molecular flexibility index (Phi) is 5.82. The smallest absolute Gasteiger partial charge is 0.161 e. The lowest BCUT2D eigenvalue weighted by Crippen LogP contribution is -1.96. The van der Waals surface area contributed by atoms with Gasteiger partial charge in [-0.15, -0.1) is 0 Å². The Labute approximate surface area is 260 Å². The molecule has 210 valence electrons. The molecule has 0 saturated heterocycles. The fourth-order valence-electron chi connectivity index (χ4n) is 6.52. The number of nitrogens with zero attached hydrogens (tertiary/aromatic N) is 2. The first-order valence-corrected chi connectivity index (χ1v) is 15.2. The zero-order valence-electron chi connectivity index (χ0n) is 24.3. The molecule has 2 aromatic heterocycles. The topological polar surface area (TPSA) is 38.9 Å². The Bertz CT molecular complexity index is 2470. The van der Waals surface area contributed by atoms with Crippen LogP contribution in [0.1, 0.15) is 0 Å². The van der Waals surface area contributed by atoms with E-state index in [1.54, 1.807) is 0 Å². The summed E-state index contributed by atoms with van der Waals surface area (Å²) in [4.78, 5) is 10.2. The van der Waals surface area contributed by atoms with Gasteiger partial charge in [0, 0.05) is 33.0 Å². The lowest BCUT2D eigenvalue weighted by molar-refractivity contribution is 0.670. The quantitative estimate of drug-likeness (QED) is 0.196. The van der Waals surface area contributed by atoms with Crippen LogP contribution in [0, 0.1) is 0 Å². The predicted molar refractivity (Wildman–Crippen MR) is 186 cm³/mol. The lowest BCUT2D eigenvalue weighted by Gasteiger charge is -2.10. The first-order valence-electron chi connectivity index (χ1n) is 15.2. The van der Waals surface area contributed by atoms with E-state index < -0.39 is 0 Å². The summed E-state index contributed by atoms with van der Waals surface area (Å²) in [7, 11) is 0. The van der Waals surface area contributed by atoms with E-state index in [9.17, 15) is 0 Å². The van der Waals surface area contributed by atoms with Gasteiger partial charge in [0.2, 0.25) is 0 Å². The van der Waals surface area contributed by atoms with E-state index in [1.165, 1.54) is 21.5 Å². The molecule has 45 heavy (non-hydrogen) atoms. The van der Waals surface area contributed by atoms with Gasteiger partial charge in [0.25, 0.3) is 0 Å². The Balaban J connectivity index is 1.25. The average molecular weight is 575 g/mol. The van der Waals surface area contributed by atoms with Crippen LogP contribution < -0.4 is 0 Å². The molecule has 0 unspecified atom stereocenters. The van der Waals surface area contributed by atoms with Gasteiger partial charge in [-0.3, -0.25) is 0 Å². The highest BCUT2D eigenvalue weighted by Gasteiger charge is 2.19. The average Bonchev–Trinajstić information content (AvgIpc) is 3.51. The number of para-hydroxylation sites is 1. The molecule has 2 heterocycles. The zero-order chi connectivity index (χ0) is 29.7. The van der Waals surface area contributed by atoms with Crippen molar-refractivity contribution in [3.8, 4) is 45.0 Å². The molecule has 0 fully saturated rings. The summed E-state index contributed by atoms with van der Waals surface area (Å²) >= 11 is 0. The zero-order valence-corrected chi connectivity index (χ0v) is 24.3. The van der Waals surface area contributed by atoms with Crippen molar-refractivity contribution in [3.05, 3.63) is 158 Å². The van der Waals surface area contributed by atoms with E-state index in [4.69, 9.17) is 14.4 Å². The lowest BCUT2D eigenvalue weighted by atomic mass is 9.96. The van der Waals surface area contributed by atoms with Gasteiger partial charge in [0.15, 0.2) is 5.82 Å². The second-order valence-electron chi connectivity index (χ2n) is 11.4. The number of rotatable bonds is 4. The highest BCUT2D eigenvalue weighted by Crippen LogP contribution is 2.41. The van der Waals surface area contributed by atoms with E-state index >= 15 is 0 Å². The van der Waals surface area contributed by atoms with E-state index in [0.29, 0.717) is 5.82 Å². The third-order valence-electron chi connectivity index (χ3n) is 8.68. The van der Waals surface area contributed by atoms with Gasteiger partial charge in [-0.25, -0.2) is 9.97 Å². The van der Waals surface area contributed by atoms with Crippen LogP contribution in [0.2, 0.25) is 0 Å². The van der Waals surface area contributed by atoms with Gasteiger partial charge in [-0.05, 0) is 45.3 Å². The van der Waals surface area contributed by atoms with Gasteiger partial charge in [-0.1, -0.05) is 140 Å². The summed E-state index contributed by atoms with van der Waals surface area (Å²) in [5.74, 6) is 0.673. The summed E-state index contributed by atoms with van der Waals surface area (Å²) < 4.78 is 6.66. The van der Waals surface area contributed by atoms with Crippen LogP contribution in [0.4, 0.5) is 0 Å². The number of aromatic nitrogens is 2. The molecule has 3 nitrogen and oxygen atoms in total. The van der Waals surface area contributed by atoms with Crippen LogP contribution in [0.25, 0.3) is 88.5 Å². The van der Waals surface area contributed by atoms with Crippen molar-refractivity contribution in [1.82, 2.24) is 9.97 Å². The van der Waals surface area contributed by atoms with Crippen molar-refractivity contribution >= 4 is 43.5 Å². The van der Waals surface area contributed by atoms with Crippen molar-refractivity contribution in [1.29, 1.82) is 0 Å².